The molecule has 0 saturated carbocycles. The zero-order valence-electron chi connectivity index (χ0n) is 12.7. The lowest BCUT2D eigenvalue weighted by molar-refractivity contribution is -0.143. The summed E-state index contributed by atoms with van der Waals surface area (Å²) in [5, 5.41) is 7.72. The number of nitrogens with one attached hydrogen (secondary N) is 1. The maximum absolute atomic E-state index is 11.6. The second-order valence-electron chi connectivity index (χ2n) is 4.88. The Morgan fingerprint density at radius 2 is 2.10 bits per heavy atom. The van der Waals surface area contributed by atoms with Gasteiger partial charge in [0.15, 0.2) is 0 Å². The molecule has 5 nitrogen and oxygen atoms in total. The van der Waals surface area contributed by atoms with Crippen molar-refractivity contribution in [2.75, 3.05) is 7.11 Å². The number of carbonyl (C=O) groups excluding carboxylic acids is 1. The number of ether oxygens (including phenoxy) is 1. The van der Waals surface area contributed by atoms with Crippen LogP contribution in [0.25, 0.3) is 5.69 Å². The number of methoxy groups -OCH3 is 1. The van der Waals surface area contributed by atoms with E-state index in [1.165, 1.54) is 7.11 Å². The minimum absolute atomic E-state index is 0.231. The van der Waals surface area contributed by atoms with Crippen molar-refractivity contribution in [3.63, 3.8) is 0 Å². The summed E-state index contributed by atoms with van der Waals surface area (Å²) >= 11 is 0. The minimum atomic E-state index is -0.283. The molecule has 0 bridgehead atoms. The average Bonchev–Trinajstić information content (AvgIpc) is 2.89. The summed E-state index contributed by atoms with van der Waals surface area (Å²) in [5.74, 6) is -0.231. The lowest BCUT2D eigenvalue weighted by atomic mass is 10.2. The molecule has 112 valence electrons. The molecule has 0 amide bonds. The summed E-state index contributed by atoms with van der Waals surface area (Å²) in [7, 11) is 1.41. The first kappa shape index (κ1) is 15.3. The van der Waals surface area contributed by atoms with Crippen LogP contribution in [0, 0.1) is 6.92 Å². The third kappa shape index (κ3) is 3.70. The van der Waals surface area contributed by atoms with Crippen molar-refractivity contribution < 1.29 is 9.53 Å². The van der Waals surface area contributed by atoms with Crippen molar-refractivity contribution in [2.24, 2.45) is 0 Å². The molecule has 1 heterocycles. The van der Waals surface area contributed by atoms with Crippen LogP contribution in [-0.2, 0) is 16.1 Å². The van der Waals surface area contributed by atoms with Crippen LogP contribution >= 0.6 is 0 Å². The van der Waals surface area contributed by atoms with Crippen LogP contribution < -0.4 is 5.32 Å². The monoisotopic (exact) mass is 287 g/mol. The Bertz CT molecular complexity index is 593. The van der Waals surface area contributed by atoms with E-state index >= 15 is 0 Å². The normalized spacial score (nSPS) is 12.1. The van der Waals surface area contributed by atoms with Crippen LogP contribution in [0.3, 0.4) is 0 Å². The van der Waals surface area contributed by atoms with Crippen molar-refractivity contribution in [1.82, 2.24) is 15.1 Å². The molecule has 21 heavy (non-hydrogen) atoms. The average molecular weight is 287 g/mol. The van der Waals surface area contributed by atoms with E-state index in [0.717, 1.165) is 16.9 Å². The van der Waals surface area contributed by atoms with Crippen LogP contribution in [-0.4, -0.2) is 28.9 Å². The Balaban J connectivity index is 2.08. The fraction of sp³-hybridized carbons (Fsp3) is 0.375. The van der Waals surface area contributed by atoms with E-state index in [0.29, 0.717) is 13.0 Å². The molecule has 0 aliphatic carbocycles. The number of benzene rings is 1. The summed E-state index contributed by atoms with van der Waals surface area (Å²) in [6, 6.07) is 9.67. The Morgan fingerprint density at radius 3 is 2.71 bits per heavy atom. The van der Waals surface area contributed by atoms with Gasteiger partial charge in [0.2, 0.25) is 0 Å². The van der Waals surface area contributed by atoms with E-state index in [4.69, 9.17) is 4.74 Å². The third-order valence-corrected chi connectivity index (χ3v) is 3.45. The number of esters is 1. The van der Waals surface area contributed by atoms with Crippen LogP contribution in [0.2, 0.25) is 0 Å². The largest absolute Gasteiger partial charge is 0.468 e. The molecule has 1 N–H and O–H groups in total. The van der Waals surface area contributed by atoms with Gasteiger partial charge in [0, 0.05) is 18.3 Å². The highest BCUT2D eigenvalue weighted by Crippen LogP contribution is 2.12. The molecule has 2 aromatic rings. The molecule has 1 aromatic heterocycles. The number of nitrogens with zero attached hydrogens (tertiary/aromatic N) is 2. The summed E-state index contributed by atoms with van der Waals surface area (Å²) in [4.78, 5) is 11.6. The van der Waals surface area contributed by atoms with Gasteiger partial charge in [-0.1, -0.05) is 25.1 Å². The van der Waals surface area contributed by atoms with Gasteiger partial charge in [-0.15, -0.1) is 0 Å². The molecular weight excluding hydrogens is 266 g/mol. The Labute approximate surface area is 124 Å². The SMILES string of the molecule is CC[C@H](NCc1cn(-c2ccccc2)nc1C)C(=O)OC. The fourth-order valence-corrected chi connectivity index (χ4v) is 2.15. The fourth-order valence-electron chi connectivity index (χ4n) is 2.15. The second kappa shape index (κ2) is 7.04. The number of hydrogen-bond acceptors (Lipinski definition) is 4. The zero-order chi connectivity index (χ0) is 15.2. The molecule has 5 heteroatoms. The number of carbonyl (C=O) groups is 1. The van der Waals surface area contributed by atoms with E-state index in [1.807, 2.05) is 55.1 Å². The van der Waals surface area contributed by atoms with E-state index in [-0.39, 0.29) is 12.0 Å². The predicted molar refractivity (Wildman–Crippen MR) is 81.2 cm³/mol. The summed E-state index contributed by atoms with van der Waals surface area (Å²) in [6.07, 6.45) is 2.68. The maximum atomic E-state index is 11.6. The molecular formula is C16H21N3O2. The lowest BCUT2D eigenvalue weighted by Crippen LogP contribution is -2.36. The Morgan fingerprint density at radius 1 is 1.38 bits per heavy atom. The van der Waals surface area contributed by atoms with Crippen molar-refractivity contribution in [1.29, 1.82) is 0 Å². The van der Waals surface area contributed by atoms with Crippen LogP contribution in [0.5, 0.6) is 0 Å². The van der Waals surface area contributed by atoms with Gasteiger partial charge in [-0.05, 0) is 25.5 Å². The molecule has 0 spiro atoms. The number of aromatic nitrogens is 2. The van der Waals surface area contributed by atoms with Crippen LogP contribution in [0.15, 0.2) is 36.5 Å². The predicted octanol–water partition coefficient (Wildman–Crippen LogP) is 2.22. The molecule has 0 saturated heterocycles. The van der Waals surface area contributed by atoms with Crippen molar-refractivity contribution in [2.45, 2.75) is 32.9 Å². The topological polar surface area (TPSA) is 56.2 Å². The molecule has 0 unspecified atom stereocenters. The number of hydrogen-bond donors (Lipinski definition) is 1. The van der Waals surface area contributed by atoms with Gasteiger partial charge in [0.05, 0.1) is 18.5 Å². The van der Waals surface area contributed by atoms with Gasteiger partial charge in [-0.25, -0.2) is 4.68 Å². The van der Waals surface area contributed by atoms with Crippen LogP contribution in [0.1, 0.15) is 24.6 Å². The van der Waals surface area contributed by atoms with Gasteiger partial charge in [0.25, 0.3) is 0 Å². The molecule has 0 aliphatic heterocycles. The highest BCUT2D eigenvalue weighted by molar-refractivity contribution is 5.75. The molecule has 0 radical (unpaired) electrons. The lowest BCUT2D eigenvalue weighted by Gasteiger charge is -2.13. The second-order valence-corrected chi connectivity index (χ2v) is 4.88. The summed E-state index contributed by atoms with van der Waals surface area (Å²) in [6.45, 7) is 4.51. The van der Waals surface area contributed by atoms with Crippen molar-refractivity contribution in [3.8, 4) is 5.69 Å². The number of para-hydroxylation sites is 1. The van der Waals surface area contributed by atoms with Crippen LogP contribution in [0.4, 0.5) is 0 Å². The summed E-state index contributed by atoms with van der Waals surface area (Å²) < 4.78 is 6.63. The number of rotatable bonds is 6. The maximum Gasteiger partial charge on any atom is 0.322 e. The third-order valence-electron chi connectivity index (χ3n) is 3.45. The van der Waals surface area contributed by atoms with E-state index in [9.17, 15) is 4.79 Å². The highest BCUT2D eigenvalue weighted by Gasteiger charge is 2.17. The molecule has 0 fully saturated rings. The molecule has 1 aromatic carbocycles. The first-order valence-corrected chi connectivity index (χ1v) is 7.07. The molecule has 2 rings (SSSR count). The van der Waals surface area contributed by atoms with Gasteiger partial charge in [-0.2, -0.15) is 5.10 Å². The van der Waals surface area contributed by atoms with Gasteiger partial charge < -0.3 is 10.1 Å². The first-order chi connectivity index (χ1) is 10.2. The Kier molecular flexibility index (Phi) is 5.11. The Hall–Kier alpha value is -2.14. The minimum Gasteiger partial charge on any atom is -0.468 e. The van der Waals surface area contributed by atoms with E-state index < -0.39 is 0 Å². The van der Waals surface area contributed by atoms with Gasteiger partial charge in [-0.3, -0.25) is 4.79 Å². The quantitative estimate of drug-likeness (QED) is 0.828. The van der Waals surface area contributed by atoms with Crippen molar-refractivity contribution in [3.05, 3.63) is 47.8 Å². The van der Waals surface area contributed by atoms with Crippen molar-refractivity contribution >= 4 is 5.97 Å². The van der Waals surface area contributed by atoms with E-state index in [1.54, 1.807) is 0 Å². The standard InChI is InChI=1S/C16H21N3O2/c1-4-15(16(20)21-3)17-10-13-11-19(18-12(13)2)14-8-6-5-7-9-14/h5-9,11,15,17H,4,10H2,1-3H3/t15-/m0/s1. The summed E-state index contributed by atoms with van der Waals surface area (Å²) in [5.41, 5.74) is 3.04. The van der Waals surface area contributed by atoms with E-state index in [2.05, 4.69) is 10.4 Å². The zero-order valence-corrected chi connectivity index (χ0v) is 12.7. The van der Waals surface area contributed by atoms with Gasteiger partial charge >= 0.3 is 5.97 Å². The molecule has 0 aliphatic rings. The van der Waals surface area contributed by atoms with Gasteiger partial charge in [0.1, 0.15) is 6.04 Å². The first-order valence-electron chi connectivity index (χ1n) is 7.07. The smallest absolute Gasteiger partial charge is 0.322 e. The highest BCUT2D eigenvalue weighted by atomic mass is 16.5. The number of aryl methyl sites for hydroxylation is 1. The molecule has 1 atom stereocenters.